The monoisotopic (exact) mass is 452 g/mol. The molecule has 140 valence electrons. The molecule has 5 nitrogen and oxygen atoms in total. The van der Waals surface area contributed by atoms with Gasteiger partial charge in [0.15, 0.2) is 0 Å². The van der Waals surface area contributed by atoms with Crippen LogP contribution in [0.5, 0.6) is 0 Å². The van der Waals surface area contributed by atoms with Crippen LogP contribution >= 0.6 is 27.3 Å². The number of nitrogens with one attached hydrogen (secondary N) is 1. The summed E-state index contributed by atoms with van der Waals surface area (Å²) in [6.07, 6.45) is 0.417. The van der Waals surface area contributed by atoms with E-state index in [2.05, 4.69) is 52.4 Å². The molecule has 28 heavy (non-hydrogen) atoms. The van der Waals surface area contributed by atoms with Gasteiger partial charge in [-0.2, -0.15) is 9.78 Å². The van der Waals surface area contributed by atoms with Gasteiger partial charge < -0.3 is 5.32 Å². The highest BCUT2D eigenvalue weighted by Crippen LogP contribution is 2.41. The second-order valence-electron chi connectivity index (χ2n) is 7.08. The number of aromatic nitrogens is 3. The van der Waals surface area contributed by atoms with Crippen molar-refractivity contribution in [1.29, 1.82) is 0 Å². The maximum Gasteiger partial charge on any atom is 0.226 e. The summed E-state index contributed by atoms with van der Waals surface area (Å²) in [5.74, 6) is 0.721. The molecule has 0 spiro atoms. The lowest BCUT2D eigenvalue weighted by molar-refractivity contribution is -0.116. The lowest BCUT2D eigenvalue weighted by atomic mass is 9.86. The van der Waals surface area contributed by atoms with Crippen molar-refractivity contribution in [3.05, 3.63) is 69.3 Å². The summed E-state index contributed by atoms with van der Waals surface area (Å²) >= 11 is 5.06. The summed E-state index contributed by atoms with van der Waals surface area (Å²) in [4.78, 5) is 17.2. The molecular weight excluding hydrogens is 436 g/mol. The van der Waals surface area contributed by atoms with Crippen molar-refractivity contribution in [2.45, 2.75) is 26.2 Å². The first-order valence-electron chi connectivity index (χ1n) is 9.02. The summed E-state index contributed by atoms with van der Waals surface area (Å²) in [6.45, 7) is 4.07. The third kappa shape index (κ3) is 2.86. The summed E-state index contributed by atoms with van der Waals surface area (Å²) in [5, 5.41) is 8.55. The first-order valence-corrected chi connectivity index (χ1v) is 10.6. The molecule has 0 saturated heterocycles. The Bertz CT molecular complexity index is 1230. The van der Waals surface area contributed by atoms with Gasteiger partial charge in [0, 0.05) is 22.4 Å². The van der Waals surface area contributed by atoms with E-state index in [4.69, 9.17) is 10.1 Å². The predicted molar refractivity (Wildman–Crippen MR) is 115 cm³/mol. The van der Waals surface area contributed by atoms with Crippen LogP contribution in [-0.2, 0) is 4.79 Å². The zero-order valence-electron chi connectivity index (χ0n) is 15.4. The number of hydrogen-bond acceptors (Lipinski definition) is 4. The molecule has 2 aromatic carbocycles. The van der Waals surface area contributed by atoms with Crippen molar-refractivity contribution >= 4 is 49.2 Å². The van der Waals surface area contributed by atoms with Gasteiger partial charge in [-0.15, -0.1) is 0 Å². The minimum Gasteiger partial charge on any atom is -0.310 e. The van der Waals surface area contributed by atoms with Crippen molar-refractivity contribution in [3.63, 3.8) is 0 Å². The summed E-state index contributed by atoms with van der Waals surface area (Å²) in [7, 11) is 0. The number of carbonyl (C=O) groups is 1. The van der Waals surface area contributed by atoms with E-state index in [1.165, 1.54) is 5.56 Å². The molecule has 0 saturated carbocycles. The maximum atomic E-state index is 12.5. The van der Waals surface area contributed by atoms with E-state index >= 15 is 0 Å². The summed E-state index contributed by atoms with van der Waals surface area (Å²) in [5.41, 5.74) is 5.24. The van der Waals surface area contributed by atoms with Crippen LogP contribution in [0.15, 0.2) is 46.9 Å². The molecule has 1 amide bonds. The number of rotatable bonds is 2. The Morgan fingerprint density at radius 1 is 1.18 bits per heavy atom. The summed E-state index contributed by atoms with van der Waals surface area (Å²) in [6, 6.07) is 14.4. The quantitative estimate of drug-likeness (QED) is 0.446. The minimum absolute atomic E-state index is 0.00137. The Balaban J connectivity index is 1.67. The topological polar surface area (TPSA) is 59.8 Å². The molecule has 0 aliphatic carbocycles. The molecule has 0 bridgehead atoms. The molecule has 0 fully saturated rings. The summed E-state index contributed by atoms with van der Waals surface area (Å²) < 4.78 is 3.92. The molecule has 4 aromatic rings. The Kier molecular flexibility index (Phi) is 4.10. The second-order valence-corrected chi connectivity index (χ2v) is 9.01. The molecule has 5 rings (SSSR count). The Hall–Kier alpha value is -2.51. The largest absolute Gasteiger partial charge is 0.310 e. The number of thiazole rings is 1. The fourth-order valence-corrected chi connectivity index (χ4v) is 5.06. The van der Waals surface area contributed by atoms with Crippen molar-refractivity contribution in [1.82, 2.24) is 14.8 Å². The van der Waals surface area contributed by atoms with E-state index in [-0.39, 0.29) is 11.8 Å². The van der Waals surface area contributed by atoms with Gasteiger partial charge in [-0.05, 0) is 49.2 Å². The second kappa shape index (κ2) is 6.53. The molecule has 0 radical (unpaired) electrons. The van der Waals surface area contributed by atoms with Gasteiger partial charge in [0.25, 0.3) is 0 Å². The van der Waals surface area contributed by atoms with Crippen LogP contribution in [0.3, 0.4) is 0 Å². The highest BCUT2D eigenvalue weighted by atomic mass is 79.9. The van der Waals surface area contributed by atoms with Gasteiger partial charge in [-0.3, -0.25) is 4.79 Å². The average molecular weight is 453 g/mol. The number of benzene rings is 2. The van der Waals surface area contributed by atoms with Gasteiger partial charge in [-0.1, -0.05) is 45.5 Å². The lowest BCUT2D eigenvalue weighted by Gasteiger charge is -2.24. The van der Waals surface area contributed by atoms with E-state index in [0.717, 1.165) is 42.5 Å². The van der Waals surface area contributed by atoms with Crippen molar-refractivity contribution in [2.24, 2.45) is 0 Å². The van der Waals surface area contributed by atoms with E-state index in [1.807, 2.05) is 25.1 Å². The number of halogens is 1. The van der Waals surface area contributed by atoms with Gasteiger partial charge in [0.2, 0.25) is 11.0 Å². The molecule has 7 heteroatoms. The third-order valence-corrected chi connectivity index (χ3v) is 6.61. The van der Waals surface area contributed by atoms with Gasteiger partial charge in [-0.25, -0.2) is 4.98 Å². The molecule has 1 aliphatic rings. The first-order chi connectivity index (χ1) is 13.5. The van der Waals surface area contributed by atoms with Crippen molar-refractivity contribution < 1.29 is 4.79 Å². The number of hydrogen-bond donors (Lipinski definition) is 1. The van der Waals surface area contributed by atoms with Crippen molar-refractivity contribution in [3.8, 4) is 5.13 Å². The first kappa shape index (κ1) is 17.6. The van der Waals surface area contributed by atoms with Gasteiger partial charge in [0.05, 0.1) is 15.9 Å². The van der Waals surface area contributed by atoms with Crippen LogP contribution in [0.4, 0.5) is 5.82 Å². The highest BCUT2D eigenvalue weighted by Gasteiger charge is 2.33. The smallest absolute Gasteiger partial charge is 0.226 e. The standard InChI is InChI=1S/C21H17BrN4OS/c1-11-3-8-16-17(9-11)28-21(23-16)26-20-19(12(2)25-26)15(10-18(27)24-20)13-4-6-14(22)7-5-13/h3-9,15H,10H2,1-2H3,(H,24,27). The number of nitrogens with zero attached hydrogens (tertiary/aromatic N) is 3. The number of anilines is 1. The van der Waals surface area contributed by atoms with Crippen LogP contribution in [0, 0.1) is 13.8 Å². The minimum atomic E-state index is -0.0118. The number of fused-ring (bicyclic) bond motifs is 2. The maximum absolute atomic E-state index is 12.5. The van der Waals surface area contributed by atoms with Crippen LogP contribution < -0.4 is 5.32 Å². The van der Waals surface area contributed by atoms with Crippen LogP contribution in [0.2, 0.25) is 0 Å². The average Bonchev–Trinajstić information content (AvgIpc) is 3.22. The fraction of sp³-hybridized carbons (Fsp3) is 0.190. The molecular formula is C21H17BrN4OS. The van der Waals surface area contributed by atoms with Gasteiger partial charge in [0.1, 0.15) is 5.82 Å². The Labute approximate surface area is 174 Å². The SMILES string of the molecule is Cc1ccc2nc(-n3nc(C)c4c3NC(=O)CC4c3ccc(Br)cc3)sc2c1. The normalized spacial score (nSPS) is 16.2. The number of amides is 1. The third-order valence-electron chi connectivity index (χ3n) is 5.09. The zero-order chi connectivity index (χ0) is 19.4. The Morgan fingerprint density at radius 3 is 2.75 bits per heavy atom. The van der Waals surface area contributed by atoms with E-state index in [1.54, 1.807) is 16.0 Å². The van der Waals surface area contributed by atoms with Crippen LogP contribution in [0.25, 0.3) is 15.3 Å². The van der Waals surface area contributed by atoms with Crippen LogP contribution in [0.1, 0.15) is 34.7 Å². The number of carbonyl (C=O) groups excluding carboxylic acids is 1. The molecule has 1 aliphatic heterocycles. The van der Waals surface area contributed by atoms with E-state index in [9.17, 15) is 4.79 Å². The van der Waals surface area contributed by atoms with Crippen LogP contribution in [-0.4, -0.2) is 20.7 Å². The molecule has 1 N–H and O–H groups in total. The predicted octanol–water partition coefficient (Wildman–Crippen LogP) is 5.34. The number of aryl methyl sites for hydroxylation is 2. The van der Waals surface area contributed by atoms with Gasteiger partial charge >= 0.3 is 0 Å². The highest BCUT2D eigenvalue weighted by molar-refractivity contribution is 9.10. The van der Waals surface area contributed by atoms with Crippen molar-refractivity contribution in [2.75, 3.05) is 5.32 Å². The zero-order valence-corrected chi connectivity index (χ0v) is 17.8. The molecule has 2 aromatic heterocycles. The fourth-order valence-electron chi connectivity index (χ4n) is 3.78. The van der Waals surface area contributed by atoms with E-state index in [0.29, 0.717) is 6.42 Å². The molecule has 3 heterocycles. The molecule has 1 atom stereocenters. The lowest BCUT2D eigenvalue weighted by Crippen LogP contribution is -2.24. The van der Waals surface area contributed by atoms with E-state index < -0.39 is 0 Å². The molecule has 1 unspecified atom stereocenters. The Morgan fingerprint density at radius 2 is 1.96 bits per heavy atom.